The molecule has 1 aliphatic rings. The molecule has 0 saturated heterocycles. The molecule has 0 saturated carbocycles. The fraction of sp³-hybridized carbons (Fsp3) is 0.222. The zero-order valence-corrected chi connectivity index (χ0v) is 23.9. The molecule has 1 aliphatic heterocycles. The maximum Gasteiger partial charge on any atom is 0.240 e. The lowest BCUT2D eigenvalue weighted by Crippen LogP contribution is -2.50. The van der Waals surface area contributed by atoms with E-state index in [2.05, 4.69) is 76.6 Å². The Morgan fingerprint density at radius 1 is 0.905 bits per heavy atom. The van der Waals surface area contributed by atoms with Gasteiger partial charge >= 0.3 is 0 Å². The van der Waals surface area contributed by atoms with Gasteiger partial charge in [-0.1, -0.05) is 91.0 Å². The Balaban J connectivity index is 1.39. The van der Waals surface area contributed by atoms with Crippen LogP contribution in [0.5, 0.6) is 5.88 Å². The maximum absolute atomic E-state index is 14.8. The van der Waals surface area contributed by atoms with Crippen LogP contribution in [0.4, 0.5) is 4.39 Å². The van der Waals surface area contributed by atoms with Gasteiger partial charge in [0.05, 0.1) is 31.4 Å². The maximum atomic E-state index is 14.8. The van der Waals surface area contributed by atoms with E-state index in [1.165, 1.54) is 33.5 Å². The van der Waals surface area contributed by atoms with E-state index in [0.717, 1.165) is 13.0 Å². The van der Waals surface area contributed by atoms with Crippen LogP contribution < -0.4 is 4.74 Å². The molecule has 0 N–H and O–H groups in total. The summed E-state index contributed by atoms with van der Waals surface area (Å²) in [6.45, 7) is 3.07. The van der Waals surface area contributed by atoms with Gasteiger partial charge in [0, 0.05) is 24.7 Å². The Hall–Kier alpha value is -4.55. The van der Waals surface area contributed by atoms with Crippen molar-refractivity contribution in [2.45, 2.75) is 38.5 Å². The van der Waals surface area contributed by atoms with Crippen molar-refractivity contribution in [3.63, 3.8) is 0 Å². The molecule has 2 atom stereocenters. The van der Waals surface area contributed by atoms with Gasteiger partial charge in [-0.05, 0) is 52.9 Å². The highest BCUT2D eigenvalue weighted by molar-refractivity contribution is 5.87. The quantitative estimate of drug-likeness (QED) is 0.206. The molecule has 0 spiro atoms. The molecule has 0 aliphatic carbocycles. The standard InChI is InChI=1S/C36H34FN3O2/c1-25(36(41)39(23-28-13-5-8-19-33(28)37)24-29-15-10-20-34(38-29)42-2)40-22-21-27-12-4-7-17-31(27)35(40)32-18-9-14-26-11-3-6-16-30(26)32/h3-20,25,35H,21-24H2,1-2H3. The first kappa shape index (κ1) is 27.6. The van der Waals surface area contributed by atoms with Crippen molar-refractivity contribution < 1.29 is 13.9 Å². The van der Waals surface area contributed by atoms with Gasteiger partial charge in [0.1, 0.15) is 5.82 Å². The summed E-state index contributed by atoms with van der Waals surface area (Å²) in [7, 11) is 1.57. The fourth-order valence-electron chi connectivity index (χ4n) is 6.14. The second kappa shape index (κ2) is 12.1. The third-order valence-corrected chi connectivity index (χ3v) is 8.27. The van der Waals surface area contributed by atoms with Crippen LogP contribution in [0.15, 0.2) is 109 Å². The molecule has 2 unspecified atom stereocenters. The molecule has 212 valence electrons. The minimum atomic E-state index is -0.472. The van der Waals surface area contributed by atoms with Gasteiger partial charge in [-0.2, -0.15) is 0 Å². The van der Waals surface area contributed by atoms with Crippen molar-refractivity contribution in [1.82, 2.24) is 14.8 Å². The summed E-state index contributed by atoms with van der Waals surface area (Å²) >= 11 is 0. The van der Waals surface area contributed by atoms with E-state index in [4.69, 9.17) is 4.74 Å². The van der Waals surface area contributed by atoms with Gasteiger partial charge < -0.3 is 9.64 Å². The number of methoxy groups -OCH3 is 1. The number of rotatable bonds is 8. The number of carbonyl (C=O) groups is 1. The van der Waals surface area contributed by atoms with Crippen LogP contribution >= 0.6 is 0 Å². The molecule has 5 nitrogen and oxygen atoms in total. The molecule has 2 heterocycles. The number of benzene rings is 4. The van der Waals surface area contributed by atoms with Gasteiger partial charge in [-0.15, -0.1) is 0 Å². The smallest absolute Gasteiger partial charge is 0.240 e. The third kappa shape index (κ3) is 5.50. The molecule has 1 aromatic heterocycles. The van der Waals surface area contributed by atoms with E-state index in [9.17, 15) is 9.18 Å². The van der Waals surface area contributed by atoms with Crippen LogP contribution in [0.1, 0.15) is 40.9 Å². The fourth-order valence-corrected chi connectivity index (χ4v) is 6.14. The molecule has 0 bridgehead atoms. The van der Waals surface area contributed by atoms with Crippen molar-refractivity contribution in [2.24, 2.45) is 0 Å². The molecular formula is C36H34FN3O2. The van der Waals surface area contributed by atoms with E-state index in [1.807, 2.05) is 19.1 Å². The summed E-state index contributed by atoms with van der Waals surface area (Å²) in [5, 5.41) is 2.34. The number of carbonyl (C=O) groups excluding carboxylic acids is 1. The van der Waals surface area contributed by atoms with Gasteiger partial charge in [-0.25, -0.2) is 9.37 Å². The van der Waals surface area contributed by atoms with Crippen LogP contribution in [-0.4, -0.2) is 40.4 Å². The SMILES string of the molecule is COc1cccc(CN(Cc2ccccc2F)C(=O)C(C)N2CCc3ccccc3C2c2cccc3ccccc23)n1. The Morgan fingerprint density at radius 2 is 1.62 bits per heavy atom. The minimum Gasteiger partial charge on any atom is -0.481 e. The molecule has 0 fully saturated rings. The summed E-state index contributed by atoms with van der Waals surface area (Å²) in [5.74, 6) is 0.0667. The molecule has 42 heavy (non-hydrogen) atoms. The van der Waals surface area contributed by atoms with E-state index in [0.29, 0.717) is 17.1 Å². The predicted molar refractivity (Wildman–Crippen MR) is 164 cm³/mol. The number of nitrogens with zero attached hydrogens (tertiary/aromatic N) is 3. The minimum absolute atomic E-state index is 0.0764. The zero-order chi connectivity index (χ0) is 29.1. The number of fused-ring (bicyclic) bond motifs is 2. The van der Waals surface area contributed by atoms with Crippen molar-refractivity contribution >= 4 is 16.7 Å². The van der Waals surface area contributed by atoms with Gasteiger partial charge in [-0.3, -0.25) is 9.69 Å². The molecule has 1 amide bonds. The Labute approximate surface area is 246 Å². The van der Waals surface area contributed by atoms with E-state index in [1.54, 1.807) is 36.3 Å². The van der Waals surface area contributed by atoms with Crippen LogP contribution in [0.3, 0.4) is 0 Å². The lowest BCUT2D eigenvalue weighted by atomic mass is 9.85. The number of halogens is 1. The van der Waals surface area contributed by atoms with E-state index in [-0.39, 0.29) is 30.9 Å². The Bertz CT molecular complexity index is 1720. The summed E-state index contributed by atoms with van der Waals surface area (Å²) in [4.78, 5) is 23.0. The Kier molecular flexibility index (Phi) is 7.97. The highest BCUT2D eigenvalue weighted by Gasteiger charge is 2.37. The van der Waals surface area contributed by atoms with Gasteiger partial charge in [0.15, 0.2) is 0 Å². The number of aromatic nitrogens is 1. The van der Waals surface area contributed by atoms with Crippen LogP contribution in [0.25, 0.3) is 10.8 Å². The second-order valence-electron chi connectivity index (χ2n) is 10.8. The predicted octanol–water partition coefficient (Wildman–Crippen LogP) is 6.95. The van der Waals surface area contributed by atoms with Gasteiger partial charge in [0.2, 0.25) is 11.8 Å². The summed E-state index contributed by atoms with van der Waals surface area (Å²) in [6, 6.07) is 34.9. The third-order valence-electron chi connectivity index (χ3n) is 8.27. The summed E-state index contributed by atoms with van der Waals surface area (Å²) in [6.07, 6.45) is 0.847. The largest absolute Gasteiger partial charge is 0.481 e. The second-order valence-corrected chi connectivity index (χ2v) is 10.8. The number of hydrogen-bond acceptors (Lipinski definition) is 4. The van der Waals surface area contributed by atoms with Crippen LogP contribution in [0.2, 0.25) is 0 Å². The van der Waals surface area contributed by atoms with Gasteiger partial charge in [0.25, 0.3) is 0 Å². The summed E-state index contributed by atoms with van der Waals surface area (Å²) < 4.78 is 20.2. The van der Waals surface area contributed by atoms with E-state index < -0.39 is 6.04 Å². The first-order chi connectivity index (χ1) is 20.5. The first-order valence-corrected chi connectivity index (χ1v) is 14.4. The molecule has 0 radical (unpaired) electrons. The summed E-state index contributed by atoms with van der Waals surface area (Å²) in [5.41, 5.74) is 4.84. The van der Waals surface area contributed by atoms with E-state index >= 15 is 0 Å². The average Bonchev–Trinajstić information content (AvgIpc) is 3.04. The number of hydrogen-bond donors (Lipinski definition) is 0. The van der Waals surface area contributed by atoms with Crippen molar-refractivity contribution in [1.29, 1.82) is 0 Å². The normalized spacial score (nSPS) is 15.6. The number of pyridine rings is 1. The average molecular weight is 560 g/mol. The highest BCUT2D eigenvalue weighted by atomic mass is 19.1. The molecule has 4 aromatic carbocycles. The van der Waals surface area contributed by atoms with Crippen LogP contribution in [-0.2, 0) is 24.3 Å². The molecule has 5 aromatic rings. The highest BCUT2D eigenvalue weighted by Crippen LogP contribution is 2.39. The zero-order valence-electron chi connectivity index (χ0n) is 23.9. The lowest BCUT2D eigenvalue weighted by Gasteiger charge is -2.42. The number of ether oxygens (including phenoxy) is 1. The molecule has 6 rings (SSSR count). The first-order valence-electron chi connectivity index (χ1n) is 14.4. The molecule has 6 heteroatoms. The van der Waals surface area contributed by atoms with Crippen molar-refractivity contribution in [2.75, 3.05) is 13.7 Å². The molecular weight excluding hydrogens is 525 g/mol. The Morgan fingerprint density at radius 3 is 2.48 bits per heavy atom. The van der Waals surface area contributed by atoms with Crippen molar-refractivity contribution in [3.05, 3.63) is 143 Å². The van der Waals surface area contributed by atoms with Crippen LogP contribution in [0, 0.1) is 5.82 Å². The number of amides is 1. The lowest BCUT2D eigenvalue weighted by molar-refractivity contribution is -0.138. The topological polar surface area (TPSA) is 45.7 Å². The van der Waals surface area contributed by atoms with Crippen molar-refractivity contribution in [3.8, 4) is 5.88 Å². The monoisotopic (exact) mass is 559 g/mol.